The number of benzene rings is 1. The summed E-state index contributed by atoms with van der Waals surface area (Å²) in [5, 5.41) is 0. The molecule has 1 atom stereocenters. The van der Waals surface area contributed by atoms with Gasteiger partial charge in [0.1, 0.15) is 5.75 Å². The number of methoxy groups -OCH3 is 2. The van der Waals surface area contributed by atoms with Crippen LogP contribution in [0.4, 0.5) is 0 Å². The van der Waals surface area contributed by atoms with Gasteiger partial charge in [-0.25, -0.2) is 0 Å². The maximum absolute atomic E-state index is 12.1. The van der Waals surface area contributed by atoms with Crippen molar-refractivity contribution in [2.24, 2.45) is 0 Å². The van der Waals surface area contributed by atoms with E-state index in [1.807, 2.05) is 18.0 Å². The molecule has 150 valence electrons. The molecule has 27 heavy (non-hydrogen) atoms. The van der Waals surface area contributed by atoms with Crippen LogP contribution in [-0.4, -0.2) is 80.6 Å². The third-order valence-electron chi connectivity index (χ3n) is 6.27. The summed E-state index contributed by atoms with van der Waals surface area (Å²) in [6, 6.07) is 6.37. The maximum Gasteiger partial charge on any atom is 0.222 e. The second-order valence-electron chi connectivity index (χ2n) is 8.00. The van der Waals surface area contributed by atoms with Gasteiger partial charge in [-0.3, -0.25) is 14.6 Å². The molecule has 1 amide bonds. The molecule has 1 aromatic rings. The van der Waals surface area contributed by atoms with Crippen molar-refractivity contribution in [2.45, 2.75) is 38.0 Å². The molecule has 0 saturated carbocycles. The van der Waals surface area contributed by atoms with Crippen molar-refractivity contribution in [3.05, 3.63) is 29.3 Å². The molecule has 6 heteroatoms. The number of ether oxygens (including phenoxy) is 2. The van der Waals surface area contributed by atoms with E-state index in [4.69, 9.17) is 9.47 Å². The van der Waals surface area contributed by atoms with E-state index in [2.05, 4.69) is 29.0 Å². The van der Waals surface area contributed by atoms with Crippen LogP contribution in [0.15, 0.2) is 18.2 Å². The highest BCUT2D eigenvalue weighted by molar-refractivity contribution is 5.76. The fraction of sp³-hybridized carbons (Fsp3) is 0.667. The predicted octanol–water partition coefficient (Wildman–Crippen LogP) is 1.97. The van der Waals surface area contributed by atoms with Crippen molar-refractivity contribution in [1.29, 1.82) is 0 Å². The Morgan fingerprint density at radius 2 is 1.93 bits per heavy atom. The molecule has 2 saturated heterocycles. The molecule has 1 aromatic carbocycles. The zero-order valence-corrected chi connectivity index (χ0v) is 17.2. The van der Waals surface area contributed by atoms with Gasteiger partial charge >= 0.3 is 0 Å². The Balaban J connectivity index is 1.73. The van der Waals surface area contributed by atoms with Gasteiger partial charge in [0.15, 0.2) is 0 Å². The number of carbonyl (C=O) groups excluding carboxylic acids is 1. The molecule has 0 unspecified atom stereocenters. The largest absolute Gasteiger partial charge is 0.496 e. The monoisotopic (exact) mass is 375 g/mol. The molecule has 0 aliphatic carbocycles. The summed E-state index contributed by atoms with van der Waals surface area (Å²) in [6.07, 6.45) is 2.63. The van der Waals surface area contributed by atoms with E-state index >= 15 is 0 Å². The Morgan fingerprint density at radius 1 is 1.11 bits per heavy atom. The van der Waals surface area contributed by atoms with Crippen LogP contribution in [0.25, 0.3) is 0 Å². The first-order valence-corrected chi connectivity index (χ1v) is 9.80. The van der Waals surface area contributed by atoms with Gasteiger partial charge in [-0.1, -0.05) is 6.07 Å². The van der Waals surface area contributed by atoms with Crippen molar-refractivity contribution in [2.75, 3.05) is 54.5 Å². The summed E-state index contributed by atoms with van der Waals surface area (Å²) in [5.74, 6) is 1.15. The summed E-state index contributed by atoms with van der Waals surface area (Å²) in [7, 11) is 7.55. The van der Waals surface area contributed by atoms with Crippen LogP contribution in [0, 0.1) is 0 Å². The SMILES string of the molecule is COCc1cc(CN2CCN(C)[C@@]3(CCC(=O)N(C)CC3)C2)ccc1OC. The van der Waals surface area contributed by atoms with E-state index < -0.39 is 0 Å². The lowest BCUT2D eigenvalue weighted by atomic mass is 9.86. The van der Waals surface area contributed by atoms with Gasteiger partial charge < -0.3 is 14.4 Å². The van der Waals surface area contributed by atoms with E-state index in [1.165, 1.54) is 5.56 Å². The van der Waals surface area contributed by atoms with Crippen molar-refractivity contribution >= 4 is 5.91 Å². The first-order valence-electron chi connectivity index (χ1n) is 9.80. The van der Waals surface area contributed by atoms with Crippen LogP contribution in [0.2, 0.25) is 0 Å². The van der Waals surface area contributed by atoms with Crippen molar-refractivity contribution in [3.8, 4) is 5.75 Å². The third kappa shape index (κ3) is 4.45. The van der Waals surface area contributed by atoms with Crippen molar-refractivity contribution in [3.63, 3.8) is 0 Å². The molecule has 0 radical (unpaired) electrons. The van der Waals surface area contributed by atoms with E-state index in [0.717, 1.165) is 56.9 Å². The summed E-state index contributed by atoms with van der Waals surface area (Å²) in [5.41, 5.74) is 2.47. The fourth-order valence-electron chi connectivity index (χ4n) is 4.43. The van der Waals surface area contributed by atoms with Crippen LogP contribution in [0.5, 0.6) is 5.75 Å². The summed E-state index contributed by atoms with van der Waals surface area (Å²) in [4.78, 5) is 19.1. The normalized spacial score (nSPS) is 25.0. The lowest BCUT2D eigenvalue weighted by Crippen LogP contribution is -2.60. The van der Waals surface area contributed by atoms with Crippen LogP contribution >= 0.6 is 0 Å². The molecule has 2 aliphatic rings. The molecular formula is C21H33N3O3. The number of likely N-dealkylation sites (N-methyl/N-ethyl adjacent to an activating group) is 1. The lowest BCUT2D eigenvalue weighted by molar-refractivity contribution is -0.129. The predicted molar refractivity (Wildman–Crippen MR) is 106 cm³/mol. The zero-order chi connectivity index (χ0) is 19.4. The topological polar surface area (TPSA) is 45.2 Å². The number of rotatable bonds is 5. The van der Waals surface area contributed by atoms with Gasteiger partial charge in [0, 0.05) is 64.4 Å². The molecule has 2 fully saturated rings. The van der Waals surface area contributed by atoms with Gasteiger partial charge in [0.25, 0.3) is 0 Å². The Morgan fingerprint density at radius 3 is 2.67 bits per heavy atom. The van der Waals surface area contributed by atoms with Gasteiger partial charge in [0.2, 0.25) is 5.91 Å². The van der Waals surface area contributed by atoms with Crippen LogP contribution in [-0.2, 0) is 22.7 Å². The summed E-state index contributed by atoms with van der Waals surface area (Å²) in [6.45, 7) is 5.42. The van der Waals surface area contributed by atoms with Gasteiger partial charge in [-0.05, 0) is 37.6 Å². The molecule has 0 N–H and O–H groups in total. The Bertz CT molecular complexity index is 666. The Kier molecular flexibility index (Phi) is 6.40. The van der Waals surface area contributed by atoms with Crippen LogP contribution < -0.4 is 4.74 Å². The highest BCUT2D eigenvalue weighted by Crippen LogP contribution is 2.32. The van der Waals surface area contributed by atoms with Gasteiger partial charge in [-0.2, -0.15) is 0 Å². The van der Waals surface area contributed by atoms with Crippen LogP contribution in [0.3, 0.4) is 0 Å². The molecule has 0 aromatic heterocycles. The number of hydrogen-bond donors (Lipinski definition) is 0. The number of nitrogens with zero attached hydrogens (tertiary/aromatic N) is 3. The first-order chi connectivity index (χ1) is 13.0. The molecule has 2 aliphatic heterocycles. The molecule has 1 spiro atoms. The molecule has 3 rings (SSSR count). The second kappa shape index (κ2) is 8.59. The Labute approximate surface area is 163 Å². The van der Waals surface area contributed by atoms with E-state index in [9.17, 15) is 4.79 Å². The van der Waals surface area contributed by atoms with Crippen molar-refractivity contribution in [1.82, 2.24) is 14.7 Å². The minimum Gasteiger partial charge on any atom is -0.496 e. The first kappa shape index (κ1) is 20.1. The molecule has 2 heterocycles. The minimum absolute atomic E-state index is 0.0977. The zero-order valence-electron chi connectivity index (χ0n) is 17.2. The molecule has 0 bridgehead atoms. The average molecular weight is 376 g/mol. The standard InChI is InChI=1S/C21H33N3O3/c1-22-10-9-21(8-7-20(22)25)16-24(12-11-23(21)2)14-17-5-6-19(27-4)18(13-17)15-26-3/h5-6,13H,7-12,14-16H2,1-4H3/t21-/m1/s1. The van der Waals surface area contributed by atoms with Crippen LogP contribution in [0.1, 0.15) is 30.4 Å². The fourth-order valence-corrected chi connectivity index (χ4v) is 4.43. The molecule has 6 nitrogen and oxygen atoms in total. The second-order valence-corrected chi connectivity index (χ2v) is 8.00. The van der Waals surface area contributed by atoms with E-state index in [-0.39, 0.29) is 11.4 Å². The molecular weight excluding hydrogens is 342 g/mol. The highest BCUT2D eigenvalue weighted by Gasteiger charge is 2.41. The highest BCUT2D eigenvalue weighted by atomic mass is 16.5. The number of amides is 1. The van der Waals surface area contributed by atoms with E-state index in [1.54, 1.807) is 14.2 Å². The average Bonchev–Trinajstić information content (AvgIpc) is 2.80. The van der Waals surface area contributed by atoms with Gasteiger partial charge in [0.05, 0.1) is 13.7 Å². The number of carbonyl (C=O) groups is 1. The van der Waals surface area contributed by atoms with E-state index in [0.29, 0.717) is 13.0 Å². The smallest absolute Gasteiger partial charge is 0.222 e. The van der Waals surface area contributed by atoms with Gasteiger partial charge in [-0.15, -0.1) is 0 Å². The number of hydrogen-bond acceptors (Lipinski definition) is 5. The lowest BCUT2D eigenvalue weighted by Gasteiger charge is -2.49. The Hall–Kier alpha value is -1.63. The summed E-state index contributed by atoms with van der Waals surface area (Å²) >= 11 is 0. The minimum atomic E-state index is 0.0977. The maximum atomic E-state index is 12.1. The number of likely N-dealkylation sites (tertiary alicyclic amines) is 1. The third-order valence-corrected chi connectivity index (χ3v) is 6.27. The summed E-state index contributed by atoms with van der Waals surface area (Å²) < 4.78 is 10.8. The quantitative estimate of drug-likeness (QED) is 0.787. The number of piperazine rings is 1. The van der Waals surface area contributed by atoms with Crippen molar-refractivity contribution < 1.29 is 14.3 Å².